The minimum Gasteiger partial charge on any atom is -0.481 e. The van der Waals surface area contributed by atoms with Crippen molar-refractivity contribution in [2.45, 2.75) is 32.2 Å². The second-order valence-electron chi connectivity index (χ2n) is 5.45. The van der Waals surface area contributed by atoms with Gasteiger partial charge in [0.2, 0.25) is 0 Å². The van der Waals surface area contributed by atoms with Crippen molar-refractivity contribution in [2.24, 2.45) is 5.92 Å². The van der Waals surface area contributed by atoms with Crippen molar-refractivity contribution in [3.05, 3.63) is 35.4 Å². The molecule has 1 N–H and O–H groups in total. The summed E-state index contributed by atoms with van der Waals surface area (Å²) in [5.74, 6) is -0.254. The predicted octanol–water partition coefficient (Wildman–Crippen LogP) is 2.72. The predicted molar refractivity (Wildman–Crippen MR) is 71.6 cm³/mol. The SMILES string of the molecule is CC(CN(C)Cc1ccc(C2CC2)cc1)C(=O)O. The molecule has 1 aromatic rings. The lowest BCUT2D eigenvalue weighted by molar-refractivity contribution is -0.141. The van der Waals surface area contributed by atoms with E-state index in [4.69, 9.17) is 5.11 Å². The van der Waals surface area contributed by atoms with Crippen LogP contribution < -0.4 is 0 Å². The number of aliphatic carboxylic acids is 1. The van der Waals surface area contributed by atoms with E-state index in [1.807, 2.05) is 7.05 Å². The fourth-order valence-electron chi connectivity index (χ4n) is 2.23. The van der Waals surface area contributed by atoms with Gasteiger partial charge in [-0.05, 0) is 36.9 Å². The maximum absolute atomic E-state index is 10.8. The van der Waals surface area contributed by atoms with Crippen LogP contribution in [0.5, 0.6) is 0 Å². The first-order valence-electron chi connectivity index (χ1n) is 6.56. The Labute approximate surface area is 108 Å². The van der Waals surface area contributed by atoms with Gasteiger partial charge >= 0.3 is 5.97 Å². The molecule has 1 atom stereocenters. The Kier molecular flexibility index (Phi) is 4.02. The molecule has 0 aromatic heterocycles. The lowest BCUT2D eigenvalue weighted by Gasteiger charge is -2.19. The highest BCUT2D eigenvalue weighted by atomic mass is 16.4. The van der Waals surface area contributed by atoms with E-state index >= 15 is 0 Å². The second kappa shape index (κ2) is 5.53. The van der Waals surface area contributed by atoms with Crippen molar-refractivity contribution >= 4 is 5.97 Å². The van der Waals surface area contributed by atoms with E-state index in [1.165, 1.54) is 24.0 Å². The zero-order valence-electron chi connectivity index (χ0n) is 11.1. The summed E-state index contributed by atoms with van der Waals surface area (Å²) in [6.07, 6.45) is 2.66. The molecule has 3 nitrogen and oxygen atoms in total. The molecule has 0 amide bonds. The number of hydrogen-bond acceptors (Lipinski definition) is 2. The molecule has 1 unspecified atom stereocenters. The molecule has 0 radical (unpaired) electrons. The number of carbonyl (C=O) groups is 1. The number of rotatable bonds is 6. The smallest absolute Gasteiger partial charge is 0.307 e. The fourth-order valence-corrected chi connectivity index (χ4v) is 2.23. The summed E-state index contributed by atoms with van der Waals surface area (Å²) in [6.45, 7) is 3.14. The maximum Gasteiger partial charge on any atom is 0.307 e. The van der Waals surface area contributed by atoms with Crippen molar-refractivity contribution < 1.29 is 9.90 Å². The highest BCUT2D eigenvalue weighted by Gasteiger charge is 2.23. The average molecular weight is 247 g/mol. The van der Waals surface area contributed by atoms with Crippen LogP contribution in [0.1, 0.15) is 36.8 Å². The van der Waals surface area contributed by atoms with Gasteiger partial charge in [0.1, 0.15) is 0 Å². The third kappa shape index (κ3) is 3.57. The molecule has 0 aliphatic heterocycles. The molecule has 0 bridgehead atoms. The molecule has 2 rings (SSSR count). The topological polar surface area (TPSA) is 40.5 Å². The molecule has 1 fully saturated rings. The van der Waals surface area contributed by atoms with Gasteiger partial charge in [0.15, 0.2) is 0 Å². The van der Waals surface area contributed by atoms with Gasteiger partial charge in [-0.2, -0.15) is 0 Å². The Morgan fingerprint density at radius 3 is 2.50 bits per heavy atom. The number of benzene rings is 1. The van der Waals surface area contributed by atoms with Gasteiger partial charge in [-0.15, -0.1) is 0 Å². The van der Waals surface area contributed by atoms with Crippen molar-refractivity contribution in [1.82, 2.24) is 4.90 Å². The van der Waals surface area contributed by atoms with Gasteiger partial charge in [0.25, 0.3) is 0 Å². The third-order valence-electron chi connectivity index (χ3n) is 3.49. The number of nitrogens with zero attached hydrogens (tertiary/aromatic N) is 1. The van der Waals surface area contributed by atoms with Gasteiger partial charge < -0.3 is 10.0 Å². The van der Waals surface area contributed by atoms with Gasteiger partial charge in [0.05, 0.1) is 5.92 Å². The average Bonchev–Trinajstić information content (AvgIpc) is 3.13. The Bertz CT molecular complexity index is 409. The molecule has 0 saturated heterocycles. The number of hydrogen-bond donors (Lipinski definition) is 1. The van der Waals surface area contributed by atoms with Crippen LogP contribution in [0.3, 0.4) is 0 Å². The van der Waals surface area contributed by atoms with Gasteiger partial charge in [-0.3, -0.25) is 4.79 Å². The zero-order valence-corrected chi connectivity index (χ0v) is 11.1. The largest absolute Gasteiger partial charge is 0.481 e. The normalized spacial score (nSPS) is 16.8. The Hall–Kier alpha value is -1.35. The summed E-state index contributed by atoms with van der Waals surface area (Å²) in [5.41, 5.74) is 2.69. The van der Waals surface area contributed by atoms with E-state index in [0.29, 0.717) is 6.54 Å². The van der Waals surface area contributed by atoms with Crippen LogP contribution in [-0.2, 0) is 11.3 Å². The Morgan fingerprint density at radius 2 is 2.00 bits per heavy atom. The first kappa shape index (κ1) is 13.1. The maximum atomic E-state index is 10.8. The molecule has 1 aliphatic carbocycles. The van der Waals surface area contributed by atoms with E-state index in [0.717, 1.165) is 12.5 Å². The molecule has 1 aliphatic rings. The number of carboxylic acid groups (broad SMARTS) is 1. The van der Waals surface area contributed by atoms with Crippen LogP contribution in [-0.4, -0.2) is 29.6 Å². The monoisotopic (exact) mass is 247 g/mol. The Balaban J connectivity index is 1.86. The Morgan fingerprint density at radius 1 is 1.39 bits per heavy atom. The van der Waals surface area contributed by atoms with Gasteiger partial charge in [-0.1, -0.05) is 31.2 Å². The van der Waals surface area contributed by atoms with Crippen LogP contribution in [0, 0.1) is 5.92 Å². The van der Waals surface area contributed by atoms with Crippen molar-refractivity contribution in [3.8, 4) is 0 Å². The minimum absolute atomic E-state index is 0.319. The van der Waals surface area contributed by atoms with Crippen molar-refractivity contribution in [3.63, 3.8) is 0 Å². The molecule has 3 heteroatoms. The summed E-state index contributed by atoms with van der Waals surface area (Å²) in [4.78, 5) is 12.8. The van der Waals surface area contributed by atoms with Crippen LogP contribution in [0.25, 0.3) is 0 Å². The molecule has 18 heavy (non-hydrogen) atoms. The van der Waals surface area contributed by atoms with Crippen molar-refractivity contribution in [2.75, 3.05) is 13.6 Å². The first-order chi connectivity index (χ1) is 8.56. The van der Waals surface area contributed by atoms with Gasteiger partial charge in [-0.25, -0.2) is 0 Å². The van der Waals surface area contributed by atoms with Gasteiger partial charge in [0, 0.05) is 13.1 Å². The lowest BCUT2D eigenvalue weighted by atomic mass is 10.1. The van der Waals surface area contributed by atoms with E-state index < -0.39 is 5.97 Å². The van der Waals surface area contributed by atoms with E-state index in [2.05, 4.69) is 29.2 Å². The lowest BCUT2D eigenvalue weighted by Crippen LogP contribution is -2.28. The zero-order chi connectivity index (χ0) is 13.1. The van der Waals surface area contributed by atoms with Crippen molar-refractivity contribution in [1.29, 1.82) is 0 Å². The molecule has 1 aromatic carbocycles. The fraction of sp³-hybridized carbons (Fsp3) is 0.533. The second-order valence-corrected chi connectivity index (χ2v) is 5.45. The summed E-state index contributed by atoms with van der Waals surface area (Å²) >= 11 is 0. The van der Waals surface area contributed by atoms with Crippen LogP contribution in [0.15, 0.2) is 24.3 Å². The standard InChI is InChI=1S/C15H21NO2/c1-11(15(17)18)9-16(2)10-12-3-5-13(6-4-12)14-7-8-14/h3-6,11,14H,7-10H2,1-2H3,(H,17,18). The molecule has 0 spiro atoms. The molecule has 0 heterocycles. The number of carboxylic acids is 1. The van der Waals surface area contributed by atoms with Crippen LogP contribution >= 0.6 is 0 Å². The van der Waals surface area contributed by atoms with Crippen LogP contribution in [0.2, 0.25) is 0 Å². The summed E-state index contributed by atoms with van der Waals surface area (Å²) in [7, 11) is 1.97. The van der Waals surface area contributed by atoms with E-state index in [1.54, 1.807) is 6.92 Å². The van der Waals surface area contributed by atoms with E-state index in [9.17, 15) is 4.79 Å². The highest BCUT2D eigenvalue weighted by molar-refractivity contribution is 5.69. The molecular weight excluding hydrogens is 226 g/mol. The highest BCUT2D eigenvalue weighted by Crippen LogP contribution is 2.39. The summed E-state index contributed by atoms with van der Waals surface area (Å²) in [6, 6.07) is 8.74. The molecule has 98 valence electrons. The van der Waals surface area contributed by atoms with Crippen LogP contribution in [0.4, 0.5) is 0 Å². The van der Waals surface area contributed by atoms with E-state index in [-0.39, 0.29) is 5.92 Å². The first-order valence-corrected chi connectivity index (χ1v) is 6.56. The quantitative estimate of drug-likeness (QED) is 0.840. The third-order valence-corrected chi connectivity index (χ3v) is 3.49. The molecule has 1 saturated carbocycles. The summed E-state index contributed by atoms with van der Waals surface area (Å²) < 4.78 is 0. The molecular formula is C15H21NO2. The summed E-state index contributed by atoms with van der Waals surface area (Å²) in [5, 5.41) is 8.87. The minimum atomic E-state index is -0.731.